The van der Waals surface area contributed by atoms with Crippen molar-refractivity contribution in [1.82, 2.24) is 0 Å². The number of aryl methyl sites for hydroxylation is 1. The monoisotopic (exact) mass is 254 g/mol. The zero-order valence-electron chi connectivity index (χ0n) is 11.6. The largest absolute Gasteiger partial charge is 0.299 e. The average molecular weight is 254 g/mol. The zero-order valence-corrected chi connectivity index (χ0v) is 11.6. The molecule has 4 unspecified atom stereocenters. The van der Waals surface area contributed by atoms with Gasteiger partial charge >= 0.3 is 0 Å². The van der Waals surface area contributed by atoms with Gasteiger partial charge in [0.2, 0.25) is 0 Å². The number of carbonyl (C=O) groups excluding carboxylic acids is 1. The van der Waals surface area contributed by atoms with Gasteiger partial charge in [-0.1, -0.05) is 31.2 Å². The van der Waals surface area contributed by atoms with Crippen LogP contribution in [-0.4, -0.2) is 5.78 Å². The van der Waals surface area contributed by atoms with Crippen LogP contribution in [0.4, 0.5) is 0 Å². The quantitative estimate of drug-likeness (QED) is 0.801. The van der Waals surface area contributed by atoms with Crippen LogP contribution in [0.3, 0.4) is 0 Å². The van der Waals surface area contributed by atoms with Crippen LogP contribution < -0.4 is 0 Å². The van der Waals surface area contributed by atoms with Crippen LogP contribution in [0, 0.1) is 29.6 Å². The Kier molecular flexibility index (Phi) is 2.58. The Hall–Kier alpha value is -1.11. The maximum Gasteiger partial charge on any atom is 0.140 e. The molecule has 0 saturated heterocycles. The molecule has 1 heteroatoms. The number of rotatable bonds is 4. The number of hydrogen-bond acceptors (Lipinski definition) is 1. The molecule has 0 aliphatic heterocycles. The van der Waals surface area contributed by atoms with Gasteiger partial charge in [-0.2, -0.15) is 0 Å². The summed E-state index contributed by atoms with van der Waals surface area (Å²) < 4.78 is 0. The molecule has 1 aromatic carbocycles. The first-order chi connectivity index (χ1) is 9.28. The van der Waals surface area contributed by atoms with Crippen molar-refractivity contribution in [3.05, 3.63) is 35.4 Å². The molecule has 0 amide bonds. The van der Waals surface area contributed by atoms with Crippen LogP contribution in [0.15, 0.2) is 24.3 Å². The van der Waals surface area contributed by atoms with E-state index < -0.39 is 0 Å². The van der Waals surface area contributed by atoms with Gasteiger partial charge < -0.3 is 0 Å². The Labute approximate surface area is 115 Å². The van der Waals surface area contributed by atoms with E-state index in [9.17, 15) is 4.79 Å². The highest BCUT2D eigenvalue weighted by Gasteiger charge is 2.66. The number of fused-ring (bicyclic) bond motifs is 5. The Morgan fingerprint density at radius 3 is 2.21 bits per heavy atom. The number of benzene rings is 1. The molecule has 4 atom stereocenters. The molecule has 3 saturated carbocycles. The molecule has 3 aliphatic rings. The summed E-state index contributed by atoms with van der Waals surface area (Å²) in [6.45, 7) is 2.17. The normalized spacial score (nSPS) is 38.3. The molecule has 1 nitrogen and oxygen atoms in total. The minimum absolute atomic E-state index is 0.442. The first-order valence-corrected chi connectivity index (χ1v) is 7.88. The van der Waals surface area contributed by atoms with Crippen LogP contribution >= 0.6 is 0 Å². The van der Waals surface area contributed by atoms with E-state index in [0.29, 0.717) is 18.1 Å². The Morgan fingerprint density at radius 2 is 1.63 bits per heavy atom. The van der Waals surface area contributed by atoms with E-state index in [4.69, 9.17) is 0 Å². The number of Topliss-reactive ketones (excluding diaryl/α,β-unsaturated/α-hetero) is 1. The highest BCUT2D eigenvalue weighted by atomic mass is 16.1. The highest BCUT2D eigenvalue weighted by Crippen LogP contribution is 2.69. The maximum absolute atomic E-state index is 12.5. The topological polar surface area (TPSA) is 17.1 Å². The SMILES string of the molecule is CCc1ccc(CC(=O)C2C3C4CCC(C4)C23)cc1. The summed E-state index contributed by atoms with van der Waals surface area (Å²) in [4.78, 5) is 12.5. The van der Waals surface area contributed by atoms with E-state index in [0.717, 1.165) is 30.1 Å². The molecule has 3 aliphatic carbocycles. The average Bonchev–Trinajstić information content (AvgIpc) is 2.89. The molecule has 0 aromatic heterocycles. The third-order valence-corrected chi connectivity index (χ3v) is 5.92. The lowest BCUT2D eigenvalue weighted by Gasteiger charge is -2.08. The summed E-state index contributed by atoms with van der Waals surface area (Å²) in [7, 11) is 0. The fraction of sp³-hybridized carbons (Fsp3) is 0.611. The van der Waals surface area contributed by atoms with E-state index in [1.54, 1.807) is 0 Å². The molecule has 0 spiro atoms. The summed E-state index contributed by atoms with van der Waals surface area (Å²) in [5.74, 6) is 4.37. The van der Waals surface area contributed by atoms with Crippen LogP contribution in [0.2, 0.25) is 0 Å². The van der Waals surface area contributed by atoms with Gasteiger partial charge in [-0.25, -0.2) is 0 Å². The molecule has 4 rings (SSSR count). The number of ketones is 1. The third kappa shape index (κ3) is 1.78. The number of hydrogen-bond donors (Lipinski definition) is 0. The molecule has 0 radical (unpaired) electrons. The lowest BCUT2D eigenvalue weighted by atomic mass is 9.96. The van der Waals surface area contributed by atoms with Crippen molar-refractivity contribution in [2.24, 2.45) is 29.6 Å². The predicted molar refractivity (Wildman–Crippen MR) is 75.8 cm³/mol. The van der Waals surface area contributed by atoms with E-state index in [1.807, 2.05) is 0 Å². The molecule has 2 bridgehead atoms. The summed E-state index contributed by atoms with van der Waals surface area (Å²) in [5.41, 5.74) is 2.57. The fourth-order valence-corrected chi connectivity index (χ4v) is 4.97. The van der Waals surface area contributed by atoms with Gasteiger partial charge in [-0.3, -0.25) is 4.79 Å². The van der Waals surface area contributed by atoms with Crippen LogP contribution in [0.1, 0.15) is 37.3 Å². The second kappa shape index (κ2) is 4.19. The first-order valence-electron chi connectivity index (χ1n) is 7.88. The van der Waals surface area contributed by atoms with E-state index in [1.165, 1.54) is 30.4 Å². The van der Waals surface area contributed by atoms with Gasteiger partial charge in [-0.05, 0) is 60.5 Å². The Morgan fingerprint density at radius 1 is 1.05 bits per heavy atom. The Balaban J connectivity index is 1.42. The van der Waals surface area contributed by atoms with Crippen molar-refractivity contribution in [2.75, 3.05) is 0 Å². The van der Waals surface area contributed by atoms with Gasteiger partial charge in [0.25, 0.3) is 0 Å². The van der Waals surface area contributed by atoms with E-state index in [2.05, 4.69) is 31.2 Å². The predicted octanol–water partition coefficient (Wildman–Crippen LogP) is 3.65. The summed E-state index contributed by atoms with van der Waals surface area (Å²) in [6, 6.07) is 8.62. The van der Waals surface area contributed by atoms with Crippen molar-refractivity contribution in [3.8, 4) is 0 Å². The van der Waals surface area contributed by atoms with Gasteiger partial charge in [-0.15, -0.1) is 0 Å². The molecule has 3 fully saturated rings. The number of carbonyl (C=O) groups is 1. The summed E-state index contributed by atoms with van der Waals surface area (Å²) in [5, 5.41) is 0. The van der Waals surface area contributed by atoms with Crippen molar-refractivity contribution in [3.63, 3.8) is 0 Å². The molecular formula is C18H22O. The maximum atomic E-state index is 12.5. The lowest BCUT2D eigenvalue weighted by molar-refractivity contribution is -0.120. The third-order valence-electron chi connectivity index (χ3n) is 5.92. The van der Waals surface area contributed by atoms with E-state index in [-0.39, 0.29) is 0 Å². The second-order valence-electron chi connectivity index (χ2n) is 6.83. The van der Waals surface area contributed by atoms with E-state index >= 15 is 0 Å². The van der Waals surface area contributed by atoms with Gasteiger partial charge in [0.05, 0.1) is 0 Å². The smallest absolute Gasteiger partial charge is 0.140 e. The standard InChI is InChI=1S/C18H22O/c1-2-11-3-5-12(6-4-11)9-15(19)18-16-13-7-8-14(10-13)17(16)18/h3-6,13-14,16-18H,2,7-10H2,1H3. The highest BCUT2D eigenvalue weighted by molar-refractivity contribution is 5.86. The van der Waals surface area contributed by atoms with Crippen molar-refractivity contribution >= 4 is 5.78 Å². The van der Waals surface area contributed by atoms with Crippen molar-refractivity contribution in [1.29, 1.82) is 0 Å². The minimum Gasteiger partial charge on any atom is -0.299 e. The van der Waals surface area contributed by atoms with Crippen LogP contribution in [0.25, 0.3) is 0 Å². The van der Waals surface area contributed by atoms with Gasteiger partial charge in [0.15, 0.2) is 0 Å². The van der Waals surface area contributed by atoms with Crippen molar-refractivity contribution < 1.29 is 4.79 Å². The molecule has 100 valence electrons. The molecule has 0 N–H and O–H groups in total. The molecule has 1 aromatic rings. The molecule has 0 heterocycles. The minimum atomic E-state index is 0.442. The second-order valence-corrected chi connectivity index (χ2v) is 6.83. The molecular weight excluding hydrogens is 232 g/mol. The summed E-state index contributed by atoms with van der Waals surface area (Å²) >= 11 is 0. The zero-order chi connectivity index (χ0) is 13.0. The lowest BCUT2D eigenvalue weighted by Crippen LogP contribution is -2.12. The Bertz CT molecular complexity index is 485. The molecule has 19 heavy (non-hydrogen) atoms. The van der Waals surface area contributed by atoms with Gasteiger partial charge in [0, 0.05) is 12.3 Å². The fourth-order valence-electron chi connectivity index (χ4n) is 4.97. The van der Waals surface area contributed by atoms with Crippen LogP contribution in [-0.2, 0) is 17.6 Å². The summed E-state index contributed by atoms with van der Waals surface area (Å²) in [6.07, 6.45) is 5.98. The van der Waals surface area contributed by atoms with Crippen LogP contribution in [0.5, 0.6) is 0 Å². The van der Waals surface area contributed by atoms with Crippen molar-refractivity contribution in [2.45, 2.75) is 39.0 Å². The van der Waals surface area contributed by atoms with Gasteiger partial charge in [0.1, 0.15) is 5.78 Å². The first kappa shape index (κ1) is 11.7.